The number of hydrogen-bond donors (Lipinski definition) is 3. The van der Waals surface area contributed by atoms with E-state index in [0.29, 0.717) is 68.1 Å². The molecule has 1 aliphatic carbocycles. The van der Waals surface area contributed by atoms with E-state index in [1.165, 1.54) is 6.21 Å². The highest BCUT2D eigenvalue weighted by Gasteiger charge is 2.29. The van der Waals surface area contributed by atoms with Gasteiger partial charge in [0.1, 0.15) is 23.2 Å². The molecule has 12 nitrogen and oxygen atoms in total. The van der Waals surface area contributed by atoms with E-state index in [1.807, 2.05) is 32.7 Å². The van der Waals surface area contributed by atoms with E-state index < -0.39 is 0 Å². The summed E-state index contributed by atoms with van der Waals surface area (Å²) in [5, 5.41) is 14.5. The molecule has 2 aromatic heterocycles. The normalized spacial score (nSPS) is 17.9. The zero-order valence-corrected chi connectivity index (χ0v) is 24.1. The Hall–Kier alpha value is -4.06. The van der Waals surface area contributed by atoms with Crippen molar-refractivity contribution in [1.82, 2.24) is 24.3 Å². The Morgan fingerprint density at radius 1 is 1.05 bits per heavy atom. The summed E-state index contributed by atoms with van der Waals surface area (Å²) in [6, 6.07) is 5.99. The second-order valence-electron chi connectivity index (χ2n) is 11.0. The van der Waals surface area contributed by atoms with E-state index in [-0.39, 0.29) is 18.0 Å². The number of nitrogens with zero attached hydrogens (tertiary/aromatic N) is 6. The molecule has 0 aromatic carbocycles. The number of ether oxygens (including phenoxy) is 1. The van der Waals surface area contributed by atoms with Crippen LogP contribution in [0.2, 0.25) is 0 Å². The molecule has 5 rings (SSSR count). The molecule has 220 valence electrons. The average Bonchev–Trinajstić information content (AvgIpc) is 3.65. The summed E-state index contributed by atoms with van der Waals surface area (Å²) in [5.74, 6) is 1.74. The third-order valence-electron chi connectivity index (χ3n) is 8.03. The Morgan fingerprint density at radius 2 is 1.73 bits per heavy atom. The molecule has 3 aliphatic rings. The summed E-state index contributed by atoms with van der Waals surface area (Å²) < 4.78 is 7.41. The number of piperazine rings is 1. The minimum absolute atomic E-state index is 0.0878. The Bertz CT molecular complexity index is 1250. The van der Waals surface area contributed by atoms with Crippen LogP contribution in [-0.2, 0) is 4.74 Å². The van der Waals surface area contributed by atoms with Crippen LogP contribution in [0.4, 0.5) is 22.1 Å². The van der Waals surface area contributed by atoms with Crippen LogP contribution < -0.4 is 15.5 Å². The van der Waals surface area contributed by atoms with Crippen LogP contribution in [0.15, 0.2) is 36.8 Å². The van der Waals surface area contributed by atoms with Crippen molar-refractivity contribution in [1.29, 1.82) is 5.41 Å². The van der Waals surface area contributed by atoms with Gasteiger partial charge < -0.3 is 44.9 Å². The summed E-state index contributed by atoms with van der Waals surface area (Å²) in [6.45, 7) is 9.51. The maximum Gasteiger partial charge on any atom is 0.320 e. The molecular weight excluding hydrogens is 522 g/mol. The molecule has 3 amide bonds. The highest BCUT2D eigenvalue weighted by molar-refractivity contribution is 5.98. The van der Waals surface area contributed by atoms with E-state index in [4.69, 9.17) is 10.1 Å². The van der Waals surface area contributed by atoms with Crippen LogP contribution >= 0.6 is 0 Å². The van der Waals surface area contributed by atoms with Gasteiger partial charge in [-0.05, 0) is 31.0 Å². The first-order chi connectivity index (χ1) is 19.9. The lowest BCUT2D eigenvalue weighted by molar-refractivity contribution is 0.0428. The lowest BCUT2D eigenvalue weighted by atomic mass is 10.2. The average molecular weight is 564 g/mol. The fourth-order valence-electron chi connectivity index (χ4n) is 5.81. The van der Waals surface area contributed by atoms with Gasteiger partial charge in [-0.25, -0.2) is 9.78 Å². The number of morpholine rings is 1. The molecule has 2 aliphatic heterocycles. The van der Waals surface area contributed by atoms with E-state index in [0.717, 1.165) is 44.5 Å². The minimum atomic E-state index is -0.0878. The van der Waals surface area contributed by atoms with Crippen LogP contribution in [0.25, 0.3) is 0 Å². The molecule has 0 spiro atoms. The largest absolute Gasteiger partial charge is 0.378 e. The maximum absolute atomic E-state index is 13.0. The molecule has 2 aromatic rings. The summed E-state index contributed by atoms with van der Waals surface area (Å²) in [7, 11) is 3.48. The van der Waals surface area contributed by atoms with E-state index >= 15 is 0 Å². The van der Waals surface area contributed by atoms with E-state index in [1.54, 1.807) is 25.1 Å². The summed E-state index contributed by atoms with van der Waals surface area (Å²) >= 11 is 0. The number of carbonyl (C=O) groups is 2. The van der Waals surface area contributed by atoms with Gasteiger partial charge in [0, 0.05) is 71.2 Å². The van der Waals surface area contributed by atoms with Crippen LogP contribution in [0.1, 0.15) is 47.8 Å². The first kappa shape index (κ1) is 28.5. The van der Waals surface area contributed by atoms with Crippen molar-refractivity contribution in [3.05, 3.63) is 48.1 Å². The summed E-state index contributed by atoms with van der Waals surface area (Å²) in [6.07, 6.45) is 7.32. The Balaban J connectivity index is 1.21. The number of nitrogens with one attached hydrogen (secondary N) is 3. The van der Waals surface area contributed by atoms with Gasteiger partial charge in [-0.3, -0.25) is 4.79 Å². The Kier molecular flexibility index (Phi) is 8.77. The quantitative estimate of drug-likeness (QED) is 0.422. The highest BCUT2D eigenvalue weighted by Crippen LogP contribution is 2.36. The van der Waals surface area contributed by atoms with Gasteiger partial charge in [0.15, 0.2) is 0 Å². The number of hydrogen-bond acceptors (Lipinski definition) is 8. The van der Waals surface area contributed by atoms with Gasteiger partial charge in [0.05, 0.1) is 25.1 Å². The second-order valence-corrected chi connectivity index (χ2v) is 11.0. The molecule has 12 heteroatoms. The predicted octanol–water partition coefficient (Wildman–Crippen LogP) is 3.27. The van der Waals surface area contributed by atoms with Gasteiger partial charge in [-0.1, -0.05) is 19.4 Å². The molecule has 0 radical (unpaired) electrons. The number of amides is 3. The van der Waals surface area contributed by atoms with Crippen LogP contribution in [-0.4, -0.2) is 109 Å². The maximum atomic E-state index is 13.0. The third kappa shape index (κ3) is 6.32. The van der Waals surface area contributed by atoms with E-state index in [9.17, 15) is 9.59 Å². The van der Waals surface area contributed by atoms with Crippen molar-refractivity contribution in [2.24, 2.45) is 0 Å². The third-order valence-corrected chi connectivity index (χ3v) is 8.03. The molecule has 0 bridgehead atoms. The van der Waals surface area contributed by atoms with Crippen LogP contribution in [0.5, 0.6) is 0 Å². The monoisotopic (exact) mass is 563 g/mol. The number of carbonyl (C=O) groups excluding carboxylic acids is 2. The standard InChI is InChI=1S/C29H41N9O3/c1-21(33-27-22(19-30)18-25(28(39)34(2)3)38(27)23-6-4-5-7-23)32-26-9-8-24(20-31-26)35-10-12-36(13-11-35)29(40)37-14-16-41-17-15-37/h8-9,18-20,23,30,33H,1,4-7,10-17H2,2-3H3,(H,31,32). The van der Waals surface area contributed by atoms with Gasteiger partial charge in [-0.2, -0.15) is 0 Å². The molecule has 41 heavy (non-hydrogen) atoms. The SMILES string of the molecule is C=C(Nc1ccc(N2CCN(C(=O)N3CCOCC3)CC2)cn1)Nc1c(C=N)cc(C(=O)N(C)C)n1C1CCCC1. The first-order valence-electron chi connectivity index (χ1n) is 14.4. The number of pyridine rings is 1. The molecule has 4 heterocycles. The Morgan fingerprint density at radius 3 is 2.34 bits per heavy atom. The van der Waals surface area contributed by atoms with Gasteiger partial charge >= 0.3 is 6.03 Å². The second kappa shape index (κ2) is 12.6. The van der Waals surface area contributed by atoms with Crippen molar-refractivity contribution in [2.45, 2.75) is 31.7 Å². The van der Waals surface area contributed by atoms with Crippen molar-refractivity contribution < 1.29 is 14.3 Å². The predicted molar refractivity (Wildman–Crippen MR) is 160 cm³/mol. The smallest absolute Gasteiger partial charge is 0.320 e. The fourth-order valence-corrected chi connectivity index (χ4v) is 5.81. The highest BCUT2D eigenvalue weighted by atomic mass is 16.5. The summed E-state index contributed by atoms with van der Waals surface area (Å²) in [5.41, 5.74) is 2.21. The fraction of sp³-hybridized carbons (Fsp3) is 0.517. The van der Waals surface area contributed by atoms with E-state index in [2.05, 4.69) is 27.1 Å². The number of anilines is 3. The topological polar surface area (TPSA) is 122 Å². The van der Waals surface area contributed by atoms with Gasteiger partial charge in [0.2, 0.25) is 0 Å². The van der Waals surface area contributed by atoms with Crippen molar-refractivity contribution in [3.8, 4) is 0 Å². The van der Waals surface area contributed by atoms with Crippen LogP contribution in [0, 0.1) is 5.41 Å². The number of urea groups is 1. The van der Waals surface area contributed by atoms with Crippen molar-refractivity contribution >= 4 is 35.5 Å². The first-order valence-corrected chi connectivity index (χ1v) is 14.4. The molecular formula is C29H41N9O3. The molecule has 3 fully saturated rings. The Labute approximate surface area is 241 Å². The molecule has 0 atom stereocenters. The zero-order chi connectivity index (χ0) is 28.9. The van der Waals surface area contributed by atoms with Crippen molar-refractivity contribution in [2.75, 3.05) is 82.1 Å². The molecule has 1 saturated carbocycles. The number of aromatic nitrogens is 2. The van der Waals surface area contributed by atoms with Gasteiger partial charge in [0.25, 0.3) is 5.91 Å². The lowest BCUT2D eigenvalue weighted by Crippen LogP contribution is -2.54. The van der Waals surface area contributed by atoms with Crippen molar-refractivity contribution in [3.63, 3.8) is 0 Å². The number of rotatable bonds is 8. The van der Waals surface area contributed by atoms with Gasteiger partial charge in [-0.15, -0.1) is 0 Å². The zero-order valence-electron chi connectivity index (χ0n) is 24.1. The molecule has 2 saturated heterocycles. The molecule has 3 N–H and O–H groups in total. The summed E-state index contributed by atoms with van der Waals surface area (Å²) in [4.78, 5) is 38.0. The van der Waals surface area contributed by atoms with Crippen LogP contribution in [0.3, 0.4) is 0 Å². The lowest BCUT2D eigenvalue weighted by Gasteiger charge is -2.39. The molecule has 0 unspecified atom stereocenters. The minimum Gasteiger partial charge on any atom is -0.378 e.